The van der Waals surface area contributed by atoms with Crippen LogP contribution in [0.25, 0.3) is 0 Å². The fourth-order valence-corrected chi connectivity index (χ4v) is 3.09. The minimum atomic E-state index is 0.186. The zero-order chi connectivity index (χ0) is 11.9. The minimum Gasteiger partial charge on any atom is -0.376 e. The van der Waals surface area contributed by atoms with Crippen LogP contribution >= 0.6 is 0 Å². The summed E-state index contributed by atoms with van der Waals surface area (Å²) in [5.41, 5.74) is 6.49. The second-order valence-electron chi connectivity index (χ2n) is 5.33. The lowest BCUT2D eigenvalue weighted by Gasteiger charge is -2.41. The number of rotatable bonds is 1. The summed E-state index contributed by atoms with van der Waals surface area (Å²) in [6.45, 7) is 4.98. The molecule has 1 aromatic heterocycles. The molecule has 0 radical (unpaired) electrons. The number of H-pyrrole nitrogens is 1. The van der Waals surface area contributed by atoms with Gasteiger partial charge in [-0.25, -0.2) is 4.98 Å². The number of nitrogens with zero attached hydrogens (tertiary/aromatic N) is 2. The number of aromatic amines is 1. The van der Waals surface area contributed by atoms with E-state index in [9.17, 15) is 0 Å². The van der Waals surface area contributed by atoms with Crippen molar-refractivity contribution in [3.8, 4) is 0 Å². The first-order valence-electron chi connectivity index (χ1n) is 6.32. The fourth-order valence-electron chi connectivity index (χ4n) is 3.09. The average Bonchev–Trinajstić information content (AvgIpc) is 2.96. The molecule has 0 aliphatic carbocycles. The fraction of sp³-hybridized carbons (Fsp3) is 0.750. The molecule has 17 heavy (non-hydrogen) atoms. The van der Waals surface area contributed by atoms with Gasteiger partial charge in [0.1, 0.15) is 5.82 Å². The largest absolute Gasteiger partial charge is 0.376 e. The Morgan fingerprint density at radius 3 is 2.82 bits per heavy atom. The zero-order valence-corrected chi connectivity index (χ0v) is 10.2. The number of nitrogens with two attached hydrogens (primary N) is 1. The van der Waals surface area contributed by atoms with E-state index in [0.29, 0.717) is 0 Å². The zero-order valence-electron chi connectivity index (χ0n) is 10.2. The number of piperidine rings is 1. The standard InChI is InChI=1S/C12H20N4O/c1-9-11(13)12(7-17-9)2-4-16(5-3-12)10-6-14-8-15-10/h6,8-9,11H,2-5,7,13H2,1H3,(H,14,15)/t9-,11+/m0/s1. The molecule has 0 saturated carbocycles. The SMILES string of the molecule is C[C@@H]1OCC2(CCN(c3cnc[nH]3)CC2)[C@@H]1N. The molecular weight excluding hydrogens is 216 g/mol. The third-order valence-corrected chi connectivity index (χ3v) is 4.43. The van der Waals surface area contributed by atoms with Crippen LogP contribution in [-0.2, 0) is 4.74 Å². The monoisotopic (exact) mass is 236 g/mol. The summed E-state index contributed by atoms with van der Waals surface area (Å²) in [4.78, 5) is 9.57. The average molecular weight is 236 g/mol. The number of hydrogen-bond acceptors (Lipinski definition) is 4. The molecule has 0 aromatic carbocycles. The maximum atomic E-state index is 6.29. The molecule has 94 valence electrons. The number of imidazole rings is 1. The maximum Gasteiger partial charge on any atom is 0.125 e. The van der Waals surface area contributed by atoms with Crippen LogP contribution in [0.3, 0.4) is 0 Å². The lowest BCUT2D eigenvalue weighted by Crippen LogP contribution is -2.50. The van der Waals surface area contributed by atoms with Gasteiger partial charge in [-0.15, -0.1) is 0 Å². The summed E-state index contributed by atoms with van der Waals surface area (Å²) in [5, 5.41) is 0. The number of aromatic nitrogens is 2. The molecule has 2 fully saturated rings. The van der Waals surface area contributed by atoms with Gasteiger partial charge in [0.15, 0.2) is 0 Å². The Balaban J connectivity index is 1.68. The van der Waals surface area contributed by atoms with Gasteiger partial charge in [-0.1, -0.05) is 0 Å². The van der Waals surface area contributed by atoms with E-state index in [-0.39, 0.29) is 17.6 Å². The Bertz CT molecular complexity index is 370. The normalized spacial score (nSPS) is 32.2. The van der Waals surface area contributed by atoms with E-state index in [4.69, 9.17) is 10.5 Å². The summed E-state index contributed by atoms with van der Waals surface area (Å²) >= 11 is 0. The Morgan fingerprint density at radius 1 is 1.53 bits per heavy atom. The van der Waals surface area contributed by atoms with Crippen LogP contribution in [0.15, 0.2) is 12.5 Å². The lowest BCUT2D eigenvalue weighted by molar-refractivity contribution is 0.0974. The lowest BCUT2D eigenvalue weighted by atomic mass is 9.73. The van der Waals surface area contributed by atoms with E-state index in [1.54, 1.807) is 6.33 Å². The molecular formula is C12H20N4O. The van der Waals surface area contributed by atoms with Crippen molar-refractivity contribution in [1.82, 2.24) is 9.97 Å². The van der Waals surface area contributed by atoms with Gasteiger partial charge in [-0.3, -0.25) is 0 Å². The summed E-state index contributed by atoms with van der Waals surface area (Å²) in [7, 11) is 0. The first kappa shape index (κ1) is 11.0. The molecule has 2 saturated heterocycles. The highest BCUT2D eigenvalue weighted by Crippen LogP contribution is 2.41. The van der Waals surface area contributed by atoms with Crippen LogP contribution in [0.5, 0.6) is 0 Å². The van der Waals surface area contributed by atoms with Crippen molar-refractivity contribution >= 4 is 5.82 Å². The van der Waals surface area contributed by atoms with E-state index in [0.717, 1.165) is 38.4 Å². The summed E-state index contributed by atoms with van der Waals surface area (Å²) in [5.74, 6) is 1.11. The minimum absolute atomic E-state index is 0.186. The highest BCUT2D eigenvalue weighted by Gasteiger charge is 2.47. The first-order chi connectivity index (χ1) is 8.21. The van der Waals surface area contributed by atoms with Gasteiger partial charge in [0.05, 0.1) is 25.2 Å². The molecule has 3 N–H and O–H groups in total. The molecule has 2 aliphatic rings. The van der Waals surface area contributed by atoms with Gasteiger partial charge in [0, 0.05) is 24.5 Å². The molecule has 1 aromatic rings. The molecule has 3 heterocycles. The van der Waals surface area contributed by atoms with Gasteiger partial charge < -0.3 is 20.4 Å². The molecule has 2 atom stereocenters. The Morgan fingerprint density at radius 2 is 2.29 bits per heavy atom. The molecule has 5 heteroatoms. The smallest absolute Gasteiger partial charge is 0.125 e. The summed E-state index contributed by atoms with van der Waals surface area (Å²) in [6.07, 6.45) is 6.03. The predicted molar refractivity (Wildman–Crippen MR) is 65.9 cm³/mol. The Kier molecular flexibility index (Phi) is 2.60. The molecule has 1 spiro atoms. The molecule has 0 amide bonds. The van der Waals surface area contributed by atoms with Gasteiger partial charge in [0.25, 0.3) is 0 Å². The molecule has 0 unspecified atom stereocenters. The van der Waals surface area contributed by atoms with Crippen molar-refractivity contribution in [2.24, 2.45) is 11.1 Å². The quantitative estimate of drug-likeness (QED) is 0.755. The second-order valence-corrected chi connectivity index (χ2v) is 5.33. The van der Waals surface area contributed by atoms with E-state index >= 15 is 0 Å². The van der Waals surface area contributed by atoms with Crippen molar-refractivity contribution in [3.63, 3.8) is 0 Å². The number of nitrogens with one attached hydrogen (secondary N) is 1. The van der Waals surface area contributed by atoms with E-state index in [2.05, 4.69) is 21.8 Å². The van der Waals surface area contributed by atoms with Crippen molar-refractivity contribution in [1.29, 1.82) is 0 Å². The Hall–Kier alpha value is -1.07. The van der Waals surface area contributed by atoms with Crippen molar-refractivity contribution in [2.45, 2.75) is 31.9 Å². The van der Waals surface area contributed by atoms with Gasteiger partial charge in [-0.2, -0.15) is 0 Å². The highest BCUT2D eigenvalue weighted by atomic mass is 16.5. The molecule has 3 rings (SSSR count). The van der Waals surface area contributed by atoms with Crippen LogP contribution in [0.1, 0.15) is 19.8 Å². The number of anilines is 1. The van der Waals surface area contributed by atoms with Crippen LogP contribution in [-0.4, -0.2) is 41.8 Å². The van der Waals surface area contributed by atoms with Crippen LogP contribution in [0, 0.1) is 5.41 Å². The van der Waals surface area contributed by atoms with E-state index < -0.39 is 0 Å². The van der Waals surface area contributed by atoms with Gasteiger partial charge in [0.2, 0.25) is 0 Å². The van der Waals surface area contributed by atoms with Gasteiger partial charge >= 0.3 is 0 Å². The Labute approximate surface area is 101 Å². The molecule has 5 nitrogen and oxygen atoms in total. The topological polar surface area (TPSA) is 67.2 Å². The maximum absolute atomic E-state index is 6.29. The van der Waals surface area contributed by atoms with Crippen LogP contribution in [0.2, 0.25) is 0 Å². The van der Waals surface area contributed by atoms with E-state index in [1.165, 1.54) is 0 Å². The van der Waals surface area contributed by atoms with Crippen LogP contribution in [0.4, 0.5) is 5.82 Å². The van der Waals surface area contributed by atoms with Crippen molar-refractivity contribution in [3.05, 3.63) is 12.5 Å². The van der Waals surface area contributed by atoms with Crippen molar-refractivity contribution < 1.29 is 4.74 Å². The molecule has 0 bridgehead atoms. The van der Waals surface area contributed by atoms with Crippen LogP contribution < -0.4 is 10.6 Å². The first-order valence-corrected chi connectivity index (χ1v) is 6.32. The molecule has 2 aliphatic heterocycles. The third kappa shape index (κ3) is 1.73. The third-order valence-electron chi connectivity index (χ3n) is 4.43. The van der Waals surface area contributed by atoms with E-state index in [1.807, 2.05) is 6.20 Å². The number of hydrogen-bond donors (Lipinski definition) is 2. The number of ether oxygens (including phenoxy) is 1. The summed E-state index contributed by atoms with van der Waals surface area (Å²) in [6, 6.07) is 0.186. The summed E-state index contributed by atoms with van der Waals surface area (Å²) < 4.78 is 5.72. The highest BCUT2D eigenvalue weighted by molar-refractivity contribution is 5.36. The van der Waals surface area contributed by atoms with Crippen molar-refractivity contribution in [2.75, 3.05) is 24.6 Å². The predicted octanol–water partition coefficient (Wildman–Crippen LogP) is 0.742. The second kappa shape index (κ2) is 3.99. The van der Waals surface area contributed by atoms with Gasteiger partial charge in [-0.05, 0) is 19.8 Å².